The Morgan fingerprint density at radius 3 is 2.33 bits per heavy atom. The van der Waals surface area contributed by atoms with Gasteiger partial charge in [0.1, 0.15) is 17.6 Å². The summed E-state index contributed by atoms with van der Waals surface area (Å²) in [6.45, 7) is 8.72. The number of carbonyl (C=O) groups excluding carboxylic acids is 3. The van der Waals surface area contributed by atoms with Crippen LogP contribution in [0.3, 0.4) is 0 Å². The lowest BCUT2D eigenvalue weighted by Crippen LogP contribution is -2.56. The van der Waals surface area contributed by atoms with Crippen molar-refractivity contribution in [1.29, 1.82) is 0 Å². The fraction of sp³-hybridized carbons (Fsp3) is 0.562. The number of rotatable bonds is 12. The summed E-state index contributed by atoms with van der Waals surface area (Å²) in [5.74, 6) is 0.116. The van der Waals surface area contributed by atoms with E-state index in [2.05, 4.69) is 15.2 Å². The molecule has 1 aromatic carbocycles. The molecule has 4 atom stereocenters. The van der Waals surface area contributed by atoms with Crippen LogP contribution in [-0.2, 0) is 19.2 Å². The highest BCUT2D eigenvalue weighted by atomic mass is 16.8. The van der Waals surface area contributed by atoms with E-state index in [4.69, 9.17) is 14.6 Å². The van der Waals surface area contributed by atoms with Gasteiger partial charge in [-0.25, -0.2) is 14.8 Å². The molecule has 1 aliphatic carbocycles. The minimum atomic E-state index is -0.793. The van der Waals surface area contributed by atoms with Crippen molar-refractivity contribution in [2.75, 3.05) is 50.8 Å². The van der Waals surface area contributed by atoms with E-state index in [0.717, 1.165) is 18.4 Å². The van der Waals surface area contributed by atoms with Crippen LogP contribution in [-0.4, -0.2) is 101 Å². The SMILES string of the molecule is CCCCOC(=O)ON1CCN(C(=O)[C@@H](NC(=O)c2cc(N3C[C@@H]4[C@@H](CC(=O)O)[C@@H]4C3)nc(-c3ccccc3)n2)C(C)C)CC1. The molecule has 5 rings (SSSR count). The molecule has 3 aliphatic rings. The number of aromatic nitrogens is 2. The molecule has 1 saturated carbocycles. The second-order valence-electron chi connectivity index (χ2n) is 12.3. The number of piperidine rings is 1. The zero-order valence-electron chi connectivity index (χ0n) is 26.1. The van der Waals surface area contributed by atoms with Gasteiger partial charge in [-0.05, 0) is 30.1 Å². The van der Waals surface area contributed by atoms with E-state index >= 15 is 0 Å². The summed E-state index contributed by atoms with van der Waals surface area (Å²) in [5.41, 5.74) is 0.909. The maximum Gasteiger partial charge on any atom is 0.527 e. The highest BCUT2D eigenvalue weighted by Crippen LogP contribution is 2.54. The van der Waals surface area contributed by atoms with Crippen molar-refractivity contribution >= 4 is 29.8 Å². The molecule has 13 heteroatoms. The van der Waals surface area contributed by atoms with Crippen molar-refractivity contribution in [3.63, 3.8) is 0 Å². The number of carboxylic acid groups (broad SMARTS) is 1. The molecular weight excluding hydrogens is 580 g/mol. The fourth-order valence-electron chi connectivity index (χ4n) is 6.13. The summed E-state index contributed by atoms with van der Waals surface area (Å²) in [6.07, 6.45) is 1.09. The first-order chi connectivity index (χ1) is 21.6. The molecule has 0 spiro atoms. The molecule has 242 valence electrons. The smallest absolute Gasteiger partial charge is 0.481 e. The number of hydrogen-bond acceptors (Lipinski definition) is 10. The number of aliphatic carboxylic acids is 1. The van der Waals surface area contributed by atoms with Gasteiger partial charge in [0.15, 0.2) is 5.82 Å². The lowest BCUT2D eigenvalue weighted by Gasteiger charge is -2.35. The Kier molecular flexibility index (Phi) is 10.2. The maximum atomic E-state index is 13.7. The molecule has 0 bridgehead atoms. The third kappa shape index (κ3) is 7.88. The Bertz CT molecular complexity index is 1370. The van der Waals surface area contributed by atoms with Crippen LogP contribution in [0.5, 0.6) is 0 Å². The number of hydrogen-bond donors (Lipinski definition) is 2. The van der Waals surface area contributed by atoms with Crippen molar-refractivity contribution in [2.45, 2.75) is 46.1 Å². The van der Waals surface area contributed by atoms with Crippen LogP contribution in [0.4, 0.5) is 10.6 Å². The highest BCUT2D eigenvalue weighted by Gasteiger charge is 2.56. The van der Waals surface area contributed by atoms with Crippen LogP contribution >= 0.6 is 0 Å². The first kappa shape index (κ1) is 32.1. The van der Waals surface area contributed by atoms with Gasteiger partial charge in [0.2, 0.25) is 5.91 Å². The number of amides is 2. The minimum absolute atomic E-state index is 0.153. The summed E-state index contributed by atoms with van der Waals surface area (Å²) in [7, 11) is 0. The third-order valence-corrected chi connectivity index (χ3v) is 8.77. The quantitative estimate of drug-likeness (QED) is 0.265. The Morgan fingerprint density at radius 1 is 1.02 bits per heavy atom. The summed E-state index contributed by atoms with van der Waals surface area (Å²) in [4.78, 5) is 68.8. The number of ether oxygens (including phenoxy) is 1. The average Bonchev–Trinajstić information content (AvgIpc) is 3.44. The summed E-state index contributed by atoms with van der Waals surface area (Å²) in [5, 5.41) is 13.6. The second-order valence-corrected chi connectivity index (χ2v) is 12.3. The number of anilines is 1. The van der Waals surface area contributed by atoms with Crippen molar-refractivity contribution in [2.24, 2.45) is 23.7 Å². The summed E-state index contributed by atoms with van der Waals surface area (Å²) in [6, 6.07) is 10.2. The normalized spacial score (nSPS) is 21.6. The van der Waals surface area contributed by atoms with E-state index in [9.17, 15) is 24.3 Å². The van der Waals surface area contributed by atoms with E-state index in [1.54, 1.807) is 11.0 Å². The van der Waals surface area contributed by atoms with Gasteiger partial charge in [-0.15, -0.1) is 5.06 Å². The maximum absolute atomic E-state index is 13.7. The van der Waals surface area contributed by atoms with Crippen molar-refractivity contribution in [1.82, 2.24) is 25.2 Å². The van der Waals surface area contributed by atoms with Crippen LogP contribution in [0, 0.1) is 23.7 Å². The van der Waals surface area contributed by atoms with Gasteiger partial charge in [-0.3, -0.25) is 14.4 Å². The van der Waals surface area contributed by atoms with E-state index in [1.807, 2.05) is 51.1 Å². The van der Waals surface area contributed by atoms with Crippen LogP contribution in [0.1, 0.15) is 50.5 Å². The zero-order chi connectivity index (χ0) is 32.1. The number of unbranched alkanes of at least 4 members (excludes halogenated alkanes) is 1. The molecule has 3 fully saturated rings. The topological polar surface area (TPSA) is 154 Å². The molecule has 13 nitrogen and oxygen atoms in total. The monoisotopic (exact) mass is 622 g/mol. The van der Waals surface area contributed by atoms with Crippen LogP contribution in [0.25, 0.3) is 11.4 Å². The molecule has 45 heavy (non-hydrogen) atoms. The van der Waals surface area contributed by atoms with Crippen molar-refractivity contribution in [3.05, 3.63) is 42.1 Å². The summed E-state index contributed by atoms with van der Waals surface area (Å²) < 4.78 is 5.05. The largest absolute Gasteiger partial charge is 0.527 e. The number of piperazine rings is 1. The van der Waals surface area contributed by atoms with Crippen LogP contribution in [0.15, 0.2) is 36.4 Å². The molecule has 2 aliphatic heterocycles. The van der Waals surface area contributed by atoms with E-state index in [-0.39, 0.29) is 29.9 Å². The average molecular weight is 623 g/mol. The van der Waals surface area contributed by atoms with Gasteiger partial charge in [-0.2, -0.15) is 0 Å². The van der Waals surface area contributed by atoms with Gasteiger partial charge < -0.3 is 29.8 Å². The first-order valence-electron chi connectivity index (χ1n) is 15.7. The van der Waals surface area contributed by atoms with Gasteiger partial charge in [0.05, 0.1) is 19.7 Å². The van der Waals surface area contributed by atoms with Gasteiger partial charge >= 0.3 is 12.1 Å². The number of nitrogens with zero attached hydrogens (tertiary/aromatic N) is 5. The molecule has 0 radical (unpaired) electrons. The number of fused-ring (bicyclic) bond motifs is 1. The third-order valence-electron chi connectivity index (χ3n) is 8.77. The Hall–Kier alpha value is -4.26. The number of nitrogens with one attached hydrogen (secondary N) is 1. The molecule has 0 unspecified atom stereocenters. The molecular formula is C32H42N6O7. The highest BCUT2D eigenvalue weighted by molar-refractivity contribution is 5.97. The molecule has 3 heterocycles. The lowest BCUT2D eigenvalue weighted by atomic mass is 10.0. The number of carboxylic acids is 1. The Balaban J connectivity index is 1.25. The molecule has 1 aromatic heterocycles. The summed E-state index contributed by atoms with van der Waals surface area (Å²) >= 11 is 0. The van der Waals surface area contributed by atoms with Gasteiger partial charge in [0, 0.05) is 44.2 Å². The predicted molar refractivity (Wildman–Crippen MR) is 164 cm³/mol. The molecule has 2 N–H and O–H groups in total. The number of carbonyl (C=O) groups is 4. The molecule has 2 saturated heterocycles. The lowest BCUT2D eigenvalue weighted by molar-refractivity contribution is -0.158. The number of hydroxylamine groups is 2. The Morgan fingerprint density at radius 2 is 1.71 bits per heavy atom. The van der Waals surface area contributed by atoms with Crippen molar-refractivity contribution in [3.8, 4) is 11.4 Å². The number of benzene rings is 1. The zero-order valence-corrected chi connectivity index (χ0v) is 26.1. The van der Waals surface area contributed by atoms with Crippen molar-refractivity contribution < 1.29 is 33.9 Å². The predicted octanol–water partition coefficient (Wildman–Crippen LogP) is 3.07. The van der Waals surface area contributed by atoms with E-state index < -0.39 is 24.1 Å². The minimum Gasteiger partial charge on any atom is -0.481 e. The molecule has 2 aromatic rings. The van der Waals surface area contributed by atoms with E-state index in [0.29, 0.717) is 69.4 Å². The van der Waals surface area contributed by atoms with E-state index in [1.165, 1.54) is 5.06 Å². The molecule has 2 amide bonds. The Labute approximate surface area is 262 Å². The first-order valence-corrected chi connectivity index (χ1v) is 15.7. The fourth-order valence-corrected chi connectivity index (χ4v) is 6.13. The van der Waals surface area contributed by atoms with Gasteiger partial charge in [0.25, 0.3) is 5.91 Å². The standard InChI is InChI=1S/C32H42N6O7/c1-4-5-15-44-32(43)45-38-13-11-36(12-14-38)31(42)28(20(2)3)35-30(41)25-17-26(34-29(33-25)21-9-7-6-8-10-21)37-18-23-22(16-27(39)40)24(23)19-37/h6-10,17,20,22-24,28H,4-5,11-16,18-19H2,1-3H3,(H,35,41)(H,39,40)/t22-,23-,24+,28-/m0/s1. The van der Waals surface area contributed by atoms with Crippen LogP contribution in [0.2, 0.25) is 0 Å². The van der Waals surface area contributed by atoms with Gasteiger partial charge in [-0.1, -0.05) is 57.5 Å². The van der Waals surface area contributed by atoms with Crippen LogP contribution < -0.4 is 10.2 Å². The second kappa shape index (κ2) is 14.2.